The number of hydrogen-bond acceptors (Lipinski definition) is 8. The maximum Gasteiger partial charge on any atom is 0.418 e. The van der Waals surface area contributed by atoms with Crippen molar-refractivity contribution >= 4 is 34.0 Å². The molecule has 2 aromatic heterocycles. The molecule has 1 saturated carbocycles. The van der Waals surface area contributed by atoms with E-state index in [1.54, 1.807) is 7.05 Å². The number of rotatable bonds is 4. The van der Waals surface area contributed by atoms with Crippen molar-refractivity contribution < 1.29 is 31.4 Å². The number of ether oxygens (including phenoxy) is 2. The van der Waals surface area contributed by atoms with Crippen molar-refractivity contribution in [3.63, 3.8) is 0 Å². The molecule has 5 heterocycles. The highest BCUT2D eigenvalue weighted by Crippen LogP contribution is 2.48. The predicted octanol–water partition coefficient (Wildman–Crippen LogP) is 5.40. The number of pyridine rings is 1. The smallest absolute Gasteiger partial charge is 0.418 e. The van der Waals surface area contributed by atoms with Crippen molar-refractivity contribution in [3.8, 4) is 23.1 Å². The number of nitrogen functional groups attached to an aromatic ring is 1. The number of fused-ring (bicyclic) bond motifs is 2. The van der Waals surface area contributed by atoms with Gasteiger partial charge in [-0.1, -0.05) is 11.6 Å². The number of likely N-dealkylation sites (N-methyl/N-ethyl adjacent to an activating group) is 1. The predicted molar refractivity (Wildman–Crippen MR) is 142 cm³/mol. The monoisotopic (exact) mass is 596 g/mol. The number of aromatic nitrogens is 3. The van der Waals surface area contributed by atoms with E-state index in [1.165, 1.54) is 0 Å². The van der Waals surface area contributed by atoms with E-state index in [0.717, 1.165) is 37.9 Å². The summed E-state index contributed by atoms with van der Waals surface area (Å²) >= 11 is 5.96. The number of anilines is 2. The summed E-state index contributed by atoms with van der Waals surface area (Å²) in [6, 6.07) is 1.66. The van der Waals surface area contributed by atoms with E-state index in [2.05, 4.69) is 19.9 Å². The molecule has 41 heavy (non-hydrogen) atoms. The molecule has 4 atom stereocenters. The molecule has 2 unspecified atom stereocenters. The van der Waals surface area contributed by atoms with Gasteiger partial charge < -0.3 is 20.1 Å². The molecule has 14 heteroatoms. The minimum absolute atomic E-state index is 0.0831. The molecule has 0 bridgehead atoms. The average molecular weight is 597 g/mol. The Morgan fingerprint density at radius 2 is 2.02 bits per heavy atom. The van der Waals surface area contributed by atoms with Crippen LogP contribution in [0.2, 0.25) is 5.02 Å². The molecule has 7 rings (SSSR count). The van der Waals surface area contributed by atoms with E-state index in [4.69, 9.17) is 26.8 Å². The molecule has 3 aliphatic heterocycles. The van der Waals surface area contributed by atoms with Gasteiger partial charge in [-0.3, -0.25) is 4.90 Å². The molecule has 0 amide bonds. The number of halogens is 6. The molecular weight excluding hydrogens is 571 g/mol. The SMILES string of the molecule is CN1c2nc(OC[C@@]34CCCN3C[C@H](F)C4)nc3c(F)c(-c4cc(N)cc(Cl)c4C(F)(F)F)nc(c23)OC2CCC21. The average Bonchev–Trinajstić information content (AvgIpc) is 3.38. The van der Waals surface area contributed by atoms with Crippen molar-refractivity contribution in [2.45, 2.75) is 62.1 Å². The molecule has 0 spiro atoms. The second-order valence-electron chi connectivity index (χ2n) is 11.3. The van der Waals surface area contributed by atoms with Gasteiger partial charge in [-0.05, 0) is 44.4 Å². The molecular formula is C27H26ClF5N6O2. The lowest BCUT2D eigenvalue weighted by Gasteiger charge is -2.40. The van der Waals surface area contributed by atoms with Crippen LogP contribution in [0.25, 0.3) is 22.2 Å². The summed E-state index contributed by atoms with van der Waals surface area (Å²) in [7, 11) is 1.79. The Bertz CT molecular complexity index is 1570. The Morgan fingerprint density at radius 1 is 1.22 bits per heavy atom. The van der Waals surface area contributed by atoms with Crippen LogP contribution in [0.1, 0.15) is 37.7 Å². The first-order valence-electron chi connectivity index (χ1n) is 13.4. The van der Waals surface area contributed by atoms with Crippen LogP contribution in [0.15, 0.2) is 12.1 Å². The maximum absolute atomic E-state index is 16.4. The minimum Gasteiger partial charge on any atom is -0.472 e. The van der Waals surface area contributed by atoms with Crippen molar-refractivity contribution in [2.75, 3.05) is 37.4 Å². The summed E-state index contributed by atoms with van der Waals surface area (Å²) in [6.07, 6.45) is -2.82. The molecule has 0 radical (unpaired) electrons. The number of nitrogens with zero attached hydrogens (tertiary/aromatic N) is 5. The Balaban J connectivity index is 1.40. The fourth-order valence-electron chi connectivity index (χ4n) is 6.77. The first kappa shape index (κ1) is 26.7. The molecule has 8 nitrogen and oxygen atoms in total. The summed E-state index contributed by atoms with van der Waals surface area (Å²) in [5, 5.41) is -0.556. The van der Waals surface area contributed by atoms with Crippen LogP contribution >= 0.6 is 11.6 Å². The Kier molecular flexibility index (Phi) is 5.96. The highest BCUT2D eigenvalue weighted by molar-refractivity contribution is 6.32. The fourth-order valence-corrected chi connectivity index (χ4v) is 7.10. The van der Waals surface area contributed by atoms with Gasteiger partial charge in [0.15, 0.2) is 5.82 Å². The highest BCUT2D eigenvalue weighted by Gasteiger charge is 2.50. The molecule has 3 aromatic rings. The third-order valence-corrected chi connectivity index (χ3v) is 9.16. The number of nitrogens with two attached hydrogens (primary N) is 1. The lowest BCUT2D eigenvalue weighted by Crippen LogP contribution is -2.51. The van der Waals surface area contributed by atoms with Crippen molar-refractivity contribution in [1.82, 2.24) is 19.9 Å². The quantitative estimate of drug-likeness (QED) is 0.316. The van der Waals surface area contributed by atoms with E-state index >= 15 is 4.39 Å². The van der Waals surface area contributed by atoms with Gasteiger partial charge in [0.25, 0.3) is 0 Å². The Morgan fingerprint density at radius 3 is 2.76 bits per heavy atom. The van der Waals surface area contributed by atoms with Crippen molar-refractivity contribution in [1.29, 1.82) is 0 Å². The van der Waals surface area contributed by atoms with Gasteiger partial charge in [0.2, 0.25) is 5.88 Å². The second kappa shape index (κ2) is 9.15. The molecule has 3 fully saturated rings. The number of benzene rings is 1. The summed E-state index contributed by atoms with van der Waals surface area (Å²) in [6.45, 7) is 1.18. The zero-order valence-electron chi connectivity index (χ0n) is 21.9. The third-order valence-electron chi connectivity index (χ3n) is 8.87. The van der Waals surface area contributed by atoms with E-state index in [-0.39, 0.29) is 47.2 Å². The van der Waals surface area contributed by atoms with Gasteiger partial charge >= 0.3 is 12.2 Å². The molecule has 2 saturated heterocycles. The van der Waals surface area contributed by atoms with Gasteiger partial charge in [0, 0.05) is 31.3 Å². The zero-order chi connectivity index (χ0) is 28.8. The first-order valence-corrected chi connectivity index (χ1v) is 13.8. The molecule has 218 valence electrons. The van der Waals surface area contributed by atoms with E-state index in [1.807, 2.05) is 4.90 Å². The number of alkyl halides is 4. The summed E-state index contributed by atoms with van der Waals surface area (Å²) in [5.41, 5.74) is 2.37. The van der Waals surface area contributed by atoms with Crippen LogP contribution in [0.5, 0.6) is 11.9 Å². The zero-order valence-corrected chi connectivity index (χ0v) is 22.7. The maximum atomic E-state index is 16.4. The third kappa shape index (κ3) is 4.14. The lowest BCUT2D eigenvalue weighted by molar-refractivity contribution is -0.137. The van der Waals surface area contributed by atoms with Crippen molar-refractivity contribution in [3.05, 3.63) is 28.5 Å². The normalized spacial score (nSPS) is 27.3. The van der Waals surface area contributed by atoms with E-state index < -0.39 is 45.5 Å². The number of hydrogen-bond donors (Lipinski definition) is 1. The van der Waals surface area contributed by atoms with Crippen LogP contribution in [-0.2, 0) is 6.18 Å². The van der Waals surface area contributed by atoms with Gasteiger partial charge in [0.05, 0.1) is 22.2 Å². The van der Waals surface area contributed by atoms with E-state index in [0.29, 0.717) is 25.2 Å². The van der Waals surface area contributed by atoms with Crippen LogP contribution < -0.4 is 20.1 Å². The largest absolute Gasteiger partial charge is 0.472 e. The van der Waals surface area contributed by atoms with Gasteiger partial charge in [-0.25, -0.2) is 13.8 Å². The summed E-state index contributed by atoms with van der Waals surface area (Å²) in [4.78, 5) is 17.1. The molecule has 2 N–H and O–H groups in total. The summed E-state index contributed by atoms with van der Waals surface area (Å²) < 4.78 is 85.2. The van der Waals surface area contributed by atoms with Gasteiger partial charge in [0.1, 0.15) is 41.3 Å². The van der Waals surface area contributed by atoms with Crippen LogP contribution in [0, 0.1) is 5.82 Å². The molecule has 1 aromatic carbocycles. The van der Waals surface area contributed by atoms with E-state index in [9.17, 15) is 17.6 Å². The fraction of sp³-hybridized carbons (Fsp3) is 0.519. The van der Waals surface area contributed by atoms with Crippen LogP contribution in [-0.4, -0.2) is 70.5 Å². The second-order valence-corrected chi connectivity index (χ2v) is 11.7. The molecule has 4 aliphatic rings. The topological polar surface area (TPSA) is 89.6 Å². The van der Waals surface area contributed by atoms with Gasteiger partial charge in [-0.2, -0.15) is 23.1 Å². The van der Waals surface area contributed by atoms with Crippen molar-refractivity contribution in [2.24, 2.45) is 0 Å². The summed E-state index contributed by atoms with van der Waals surface area (Å²) in [5.74, 6) is -0.913. The van der Waals surface area contributed by atoms with Crippen LogP contribution in [0.4, 0.5) is 33.5 Å². The lowest BCUT2D eigenvalue weighted by atomic mass is 9.88. The Labute approximate surface area is 236 Å². The molecule has 1 aliphatic carbocycles. The van der Waals surface area contributed by atoms with Crippen LogP contribution in [0.3, 0.4) is 0 Å². The first-order chi connectivity index (χ1) is 19.4. The standard InChI is InChI=1S/C27H26ClF5N6O2/c1-38-16-3-4-17(16)41-24-18-22(20(30)21(35-24)14-7-13(34)8-15(28)19(14)27(31,32)33)36-25(37-23(18)38)40-11-26-5-2-6-39(26)10-12(29)9-26/h7-8,12,16-17H,2-6,9-11,34H2,1H3/t12-,16?,17?,26+/m1/s1. The van der Waals surface area contributed by atoms with Gasteiger partial charge in [-0.15, -0.1) is 0 Å². The Hall–Kier alpha value is -3.19. The minimum atomic E-state index is -4.93. The highest BCUT2D eigenvalue weighted by atomic mass is 35.5.